The van der Waals surface area contributed by atoms with Crippen molar-refractivity contribution in [2.24, 2.45) is 5.92 Å². The van der Waals surface area contributed by atoms with Crippen molar-refractivity contribution in [3.8, 4) is 5.75 Å². The van der Waals surface area contributed by atoms with E-state index < -0.39 is 24.0 Å². The minimum Gasteiger partial charge on any atom is -0.497 e. The number of para-hydroxylation sites is 1. The van der Waals surface area contributed by atoms with Gasteiger partial charge in [0.2, 0.25) is 5.91 Å². The second kappa shape index (κ2) is 7.72. The first-order chi connectivity index (χ1) is 15.1. The molecule has 2 aliphatic rings. The Balaban J connectivity index is 1.60. The van der Waals surface area contributed by atoms with Gasteiger partial charge in [-0.25, -0.2) is 9.96 Å². The van der Waals surface area contributed by atoms with Crippen molar-refractivity contribution >= 4 is 34.8 Å². The zero-order chi connectivity index (χ0) is 21.5. The molecule has 0 bridgehead atoms. The van der Waals surface area contributed by atoms with E-state index in [-0.39, 0.29) is 5.91 Å². The minimum atomic E-state index is -0.928. The lowest BCUT2D eigenvalue weighted by Gasteiger charge is -2.29. The van der Waals surface area contributed by atoms with Crippen LogP contribution in [0.5, 0.6) is 5.75 Å². The highest BCUT2D eigenvalue weighted by Crippen LogP contribution is 2.48. The van der Waals surface area contributed by atoms with E-state index in [2.05, 4.69) is 0 Å². The third kappa shape index (κ3) is 3.24. The standard InChI is InChI=1S/C24H19ClN2O4/c1-30-19-12-5-7-15(13-19)21-20-22(31-27(21)17-9-3-2-4-10-17)24(29)26(23(20)28)18-11-6-8-16(25)14-18/h2-14,20-22H,1H3/t20-,21+,22-/m0/s1. The van der Waals surface area contributed by atoms with Crippen molar-refractivity contribution in [3.05, 3.63) is 89.4 Å². The molecule has 2 fully saturated rings. The topological polar surface area (TPSA) is 59.1 Å². The summed E-state index contributed by atoms with van der Waals surface area (Å²) in [5.74, 6) is -0.761. The van der Waals surface area contributed by atoms with Crippen LogP contribution < -0.4 is 14.7 Å². The third-order valence-electron chi connectivity index (χ3n) is 5.63. The second-order valence-electron chi connectivity index (χ2n) is 7.43. The minimum absolute atomic E-state index is 0.316. The summed E-state index contributed by atoms with van der Waals surface area (Å²) in [7, 11) is 1.59. The summed E-state index contributed by atoms with van der Waals surface area (Å²) in [5.41, 5.74) is 2.03. The van der Waals surface area contributed by atoms with E-state index in [9.17, 15) is 9.59 Å². The van der Waals surface area contributed by atoms with Crippen LogP contribution in [0.15, 0.2) is 78.9 Å². The molecule has 0 N–H and O–H groups in total. The van der Waals surface area contributed by atoms with Gasteiger partial charge in [-0.2, -0.15) is 0 Å². The van der Waals surface area contributed by atoms with E-state index in [0.717, 1.165) is 11.3 Å². The molecule has 0 radical (unpaired) electrons. The van der Waals surface area contributed by atoms with Gasteiger partial charge < -0.3 is 4.74 Å². The molecule has 156 valence electrons. The summed E-state index contributed by atoms with van der Waals surface area (Å²) in [4.78, 5) is 34.1. The molecule has 7 heteroatoms. The number of hydrogen-bond acceptors (Lipinski definition) is 5. The number of carbonyl (C=O) groups excluding carboxylic acids is 2. The molecule has 0 spiro atoms. The summed E-state index contributed by atoms with van der Waals surface area (Å²) in [6.07, 6.45) is -0.928. The van der Waals surface area contributed by atoms with Gasteiger partial charge >= 0.3 is 0 Å². The maximum Gasteiger partial charge on any atom is 0.266 e. The first kappa shape index (κ1) is 19.6. The zero-order valence-electron chi connectivity index (χ0n) is 16.6. The highest BCUT2D eigenvalue weighted by molar-refractivity contribution is 6.31. The Morgan fingerprint density at radius 1 is 0.871 bits per heavy atom. The van der Waals surface area contributed by atoms with Gasteiger partial charge in [-0.1, -0.05) is 48.0 Å². The van der Waals surface area contributed by atoms with E-state index in [1.807, 2.05) is 54.6 Å². The van der Waals surface area contributed by atoms with E-state index >= 15 is 0 Å². The monoisotopic (exact) mass is 434 g/mol. The molecule has 2 heterocycles. The average Bonchev–Trinajstić information content (AvgIpc) is 3.30. The van der Waals surface area contributed by atoms with Gasteiger partial charge in [0.1, 0.15) is 11.7 Å². The summed E-state index contributed by atoms with van der Waals surface area (Å²) in [6.45, 7) is 0. The summed E-state index contributed by atoms with van der Waals surface area (Å²) in [6, 6.07) is 23.1. The summed E-state index contributed by atoms with van der Waals surface area (Å²) < 4.78 is 5.38. The molecule has 5 rings (SSSR count). The maximum absolute atomic E-state index is 13.5. The van der Waals surface area contributed by atoms with Crippen LogP contribution >= 0.6 is 11.6 Å². The number of methoxy groups -OCH3 is 1. The molecular weight excluding hydrogens is 416 g/mol. The molecule has 0 aliphatic carbocycles. The molecule has 0 saturated carbocycles. The fraction of sp³-hybridized carbons (Fsp3) is 0.167. The number of amides is 2. The van der Waals surface area contributed by atoms with Crippen LogP contribution in [0.2, 0.25) is 5.02 Å². The second-order valence-corrected chi connectivity index (χ2v) is 7.86. The Hall–Kier alpha value is -3.35. The fourth-order valence-electron chi connectivity index (χ4n) is 4.25. The Morgan fingerprint density at radius 3 is 2.35 bits per heavy atom. The molecule has 2 saturated heterocycles. The number of nitrogens with zero attached hydrogens (tertiary/aromatic N) is 2. The number of fused-ring (bicyclic) bond motifs is 1. The van der Waals surface area contributed by atoms with Crippen LogP contribution in [0.25, 0.3) is 0 Å². The number of imide groups is 1. The van der Waals surface area contributed by atoms with Crippen LogP contribution in [0, 0.1) is 5.92 Å². The highest BCUT2D eigenvalue weighted by atomic mass is 35.5. The Kier molecular flexibility index (Phi) is 4.88. The summed E-state index contributed by atoms with van der Waals surface area (Å²) in [5, 5.41) is 2.11. The first-order valence-corrected chi connectivity index (χ1v) is 10.2. The average molecular weight is 435 g/mol. The molecule has 3 aromatic carbocycles. The van der Waals surface area contributed by atoms with Crippen LogP contribution in [-0.4, -0.2) is 25.0 Å². The zero-order valence-corrected chi connectivity index (χ0v) is 17.4. The Morgan fingerprint density at radius 2 is 1.61 bits per heavy atom. The largest absolute Gasteiger partial charge is 0.497 e. The van der Waals surface area contributed by atoms with Crippen molar-refractivity contribution in [3.63, 3.8) is 0 Å². The number of benzene rings is 3. The van der Waals surface area contributed by atoms with Crippen LogP contribution in [0.4, 0.5) is 11.4 Å². The number of hydrogen-bond donors (Lipinski definition) is 0. The molecule has 31 heavy (non-hydrogen) atoms. The highest BCUT2D eigenvalue weighted by Gasteiger charge is 2.60. The van der Waals surface area contributed by atoms with E-state index in [4.69, 9.17) is 21.2 Å². The molecule has 0 unspecified atom stereocenters. The van der Waals surface area contributed by atoms with Crippen LogP contribution in [0.3, 0.4) is 0 Å². The fourth-order valence-corrected chi connectivity index (χ4v) is 4.43. The number of anilines is 2. The number of hydroxylamine groups is 1. The van der Waals surface area contributed by atoms with Gasteiger partial charge in [0.05, 0.1) is 24.5 Å². The van der Waals surface area contributed by atoms with Crippen molar-refractivity contribution in [2.45, 2.75) is 12.1 Å². The molecule has 3 aromatic rings. The van der Waals surface area contributed by atoms with Crippen molar-refractivity contribution in [1.29, 1.82) is 0 Å². The van der Waals surface area contributed by atoms with Crippen LogP contribution in [-0.2, 0) is 14.4 Å². The van der Waals surface area contributed by atoms with Crippen molar-refractivity contribution in [1.82, 2.24) is 0 Å². The summed E-state index contributed by atoms with van der Waals surface area (Å²) >= 11 is 6.10. The smallest absolute Gasteiger partial charge is 0.266 e. The Bertz CT molecular complexity index is 1150. The SMILES string of the molecule is COc1cccc([C@@H]2[C@@H]3C(=O)N(c4cccc(Cl)c4)C(=O)[C@H]3ON2c2ccccc2)c1. The van der Waals surface area contributed by atoms with E-state index in [0.29, 0.717) is 16.5 Å². The first-order valence-electron chi connectivity index (χ1n) is 9.87. The predicted molar refractivity (Wildman–Crippen MR) is 117 cm³/mol. The molecule has 6 nitrogen and oxygen atoms in total. The van der Waals surface area contributed by atoms with Gasteiger partial charge in [0, 0.05) is 5.02 Å². The molecule has 3 atom stereocenters. The number of halogens is 1. The lowest BCUT2D eigenvalue weighted by Crippen LogP contribution is -2.37. The number of carbonyl (C=O) groups is 2. The van der Waals surface area contributed by atoms with Gasteiger partial charge in [-0.3, -0.25) is 14.4 Å². The van der Waals surface area contributed by atoms with Gasteiger partial charge in [-0.15, -0.1) is 0 Å². The number of ether oxygens (including phenoxy) is 1. The normalized spacial score (nSPS) is 22.7. The van der Waals surface area contributed by atoms with Gasteiger partial charge in [0.15, 0.2) is 6.10 Å². The van der Waals surface area contributed by atoms with E-state index in [1.54, 1.807) is 36.4 Å². The van der Waals surface area contributed by atoms with Gasteiger partial charge in [0.25, 0.3) is 5.91 Å². The molecular formula is C24H19ClN2O4. The quantitative estimate of drug-likeness (QED) is 0.570. The number of rotatable bonds is 4. The third-order valence-corrected chi connectivity index (χ3v) is 5.86. The van der Waals surface area contributed by atoms with Crippen molar-refractivity contribution in [2.75, 3.05) is 17.1 Å². The lowest BCUT2D eigenvalue weighted by molar-refractivity contribution is -0.126. The van der Waals surface area contributed by atoms with Crippen molar-refractivity contribution < 1.29 is 19.2 Å². The molecule has 0 aromatic heterocycles. The lowest BCUT2D eigenvalue weighted by atomic mass is 9.90. The maximum atomic E-state index is 13.5. The Labute approximate surface area is 184 Å². The van der Waals surface area contributed by atoms with Gasteiger partial charge in [-0.05, 0) is 48.0 Å². The molecule has 2 aliphatic heterocycles. The van der Waals surface area contributed by atoms with E-state index in [1.165, 1.54) is 4.90 Å². The molecule has 2 amide bonds. The van der Waals surface area contributed by atoms with Crippen LogP contribution in [0.1, 0.15) is 11.6 Å². The predicted octanol–water partition coefficient (Wildman–Crippen LogP) is 4.40.